The minimum absolute atomic E-state index is 0.295. The number of sulfone groups is 1. The van der Waals surface area contributed by atoms with Crippen molar-refractivity contribution in [3.05, 3.63) is 28.0 Å². The summed E-state index contributed by atoms with van der Waals surface area (Å²) in [6, 6.07) is 2.40. The van der Waals surface area contributed by atoms with Crippen LogP contribution in [0, 0.1) is 5.82 Å². The first-order chi connectivity index (χ1) is 9.27. The summed E-state index contributed by atoms with van der Waals surface area (Å²) in [7, 11) is -3.74. The van der Waals surface area contributed by atoms with Gasteiger partial charge in [-0.15, -0.1) is 0 Å². The van der Waals surface area contributed by atoms with E-state index >= 15 is 0 Å². The molecule has 1 rings (SSSR count). The van der Waals surface area contributed by atoms with E-state index in [9.17, 15) is 17.6 Å². The van der Waals surface area contributed by atoms with Crippen molar-refractivity contribution in [3.63, 3.8) is 0 Å². The highest BCUT2D eigenvalue weighted by molar-refractivity contribution is 9.10. The van der Waals surface area contributed by atoms with Crippen LogP contribution in [0.15, 0.2) is 21.5 Å². The molecule has 0 spiro atoms. The number of likely N-dealkylation sites (N-methyl/N-ethyl adjacent to an activating group) is 1. The minimum Gasteiger partial charge on any atom is -0.351 e. The Kier molecular flexibility index (Phi) is 6.09. The molecule has 0 unspecified atom stereocenters. The SMILES string of the molecule is CCNCCNC(=O)c1cc(Br)cc(S(C)(=O)=O)c1F. The lowest BCUT2D eigenvalue weighted by Gasteiger charge is -2.09. The molecule has 1 amide bonds. The van der Waals surface area contributed by atoms with E-state index in [1.165, 1.54) is 6.07 Å². The summed E-state index contributed by atoms with van der Waals surface area (Å²) in [5, 5.41) is 5.53. The van der Waals surface area contributed by atoms with E-state index in [1.807, 2.05) is 6.92 Å². The number of amides is 1. The first-order valence-corrected chi connectivity index (χ1v) is 8.63. The molecule has 0 saturated heterocycles. The van der Waals surface area contributed by atoms with Gasteiger partial charge in [-0.25, -0.2) is 12.8 Å². The van der Waals surface area contributed by atoms with Gasteiger partial charge in [0.05, 0.1) is 5.56 Å². The molecule has 0 aliphatic carbocycles. The quantitative estimate of drug-likeness (QED) is 0.744. The van der Waals surface area contributed by atoms with E-state index in [2.05, 4.69) is 26.6 Å². The van der Waals surface area contributed by atoms with Crippen LogP contribution in [-0.2, 0) is 9.84 Å². The molecule has 0 saturated carbocycles. The monoisotopic (exact) mass is 366 g/mol. The van der Waals surface area contributed by atoms with Gasteiger partial charge in [0.2, 0.25) is 0 Å². The van der Waals surface area contributed by atoms with Crippen LogP contribution in [0.5, 0.6) is 0 Å². The number of carbonyl (C=O) groups excluding carboxylic acids is 1. The van der Waals surface area contributed by atoms with Crippen LogP contribution in [0.2, 0.25) is 0 Å². The van der Waals surface area contributed by atoms with Crippen molar-refractivity contribution < 1.29 is 17.6 Å². The molecule has 0 heterocycles. The Balaban J connectivity index is 3.01. The van der Waals surface area contributed by atoms with E-state index in [0.717, 1.165) is 18.9 Å². The number of nitrogens with one attached hydrogen (secondary N) is 2. The zero-order valence-corrected chi connectivity index (χ0v) is 13.6. The summed E-state index contributed by atoms with van der Waals surface area (Å²) in [6.07, 6.45) is 0.894. The molecule has 0 aromatic heterocycles. The maximum atomic E-state index is 14.1. The summed E-state index contributed by atoms with van der Waals surface area (Å²) >= 11 is 3.08. The molecule has 1 aromatic rings. The van der Waals surface area contributed by atoms with Crippen molar-refractivity contribution in [2.24, 2.45) is 0 Å². The highest BCUT2D eigenvalue weighted by Crippen LogP contribution is 2.24. The predicted octanol–water partition coefficient (Wildman–Crippen LogP) is 1.33. The van der Waals surface area contributed by atoms with Crippen molar-refractivity contribution in [3.8, 4) is 0 Å². The number of hydrogen-bond donors (Lipinski definition) is 2. The topological polar surface area (TPSA) is 75.3 Å². The summed E-state index contributed by atoms with van der Waals surface area (Å²) in [4.78, 5) is 11.4. The highest BCUT2D eigenvalue weighted by Gasteiger charge is 2.21. The van der Waals surface area contributed by atoms with Crippen LogP contribution in [0.1, 0.15) is 17.3 Å². The molecule has 0 bridgehead atoms. The Morgan fingerprint density at radius 1 is 1.35 bits per heavy atom. The Bertz CT molecular complexity index is 605. The fourth-order valence-corrected chi connectivity index (χ4v) is 2.92. The van der Waals surface area contributed by atoms with Gasteiger partial charge in [-0.1, -0.05) is 22.9 Å². The third kappa shape index (κ3) is 4.53. The maximum Gasteiger partial charge on any atom is 0.254 e. The number of rotatable bonds is 6. The zero-order chi connectivity index (χ0) is 15.3. The van der Waals surface area contributed by atoms with Gasteiger partial charge in [0.1, 0.15) is 4.90 Å². The Morgan fingerprint density at radius 2 is 2.00 bits per heavy atom. The van der Waals surface area contributed by atoms with Gasteiger partial charge in [0, 0.05) is 23.8 Å². The molecule has 0 radical (unpaired) electrons. The standard InChI is InChI=1S/C12H16BrFN2O3S/c1-3-15-4-5-16-12(17)9-6-8(13)7-10(11(9)14)20(2,18)19/h6-7,15H,3-5H2,1-2H3,(H,16,17). The normalized spacial score (nSPS) is 11.4. The largest absolute Gasteiger partial charge is 0.351 e. The van der Waals surface area contributed by atoms with Gasteiger partial charge in [0.25, 0.3) is 5.91 Å². The third-order valence-corrected chi connectivity index (χ3v) is 4.04. The van der Waals surface area contributed by atoms with Gasteiger partial charge in [0.15, 0.2) is 15.7 Å². The van der Waals surface area contributed by atoms with Crippen molar-refractivity contribution in [1.82, 2.24) is 10.6 Å². The average molecular weight is 367 g/mol. The average Bonchev–Trinajstić information content (AvgIpc) is 2.35. The van der Waals surface area contributed by atoms with Gasteiger partial charge < -0.3 is 10.6 Å². The molecule has 0 aliphatic rings. The van der Waals surface area contributed by atoms with E-state index in [4.69, 9.17) is 0 Å². The van der Waals surface area contributed by atoms with Crippen LogP contribution in [0.3, 0.4) is 0 Å². The van der Waals surface area contributed by atoms with Crippen LogP contribution in [0.4, 0.5) is 4.39 Å². The van der Waals surface area contributed by atoms with E-state index < -0.39 is 26.5 Å². The Labute approximate surface area is 126 Å². The van der Waals surface area contributed by atoms with Crippen LogP contribution < -0.4 is 10.6 Å². The van der Waals surface area contributed by atoms with Gasteiger partial charge in [-0.3, -0.25) is 4.79 Å². The summed E-state index contributed by atoms with van der Waals surface area (Å²) in [5.41, 5.74) is -0.295. The van der Waals surface area contributed by atoms with Crippen LogP contribution in [0.25, 0.3) is 0 Å². The summed E-state index contributed by atoms with van der Waals surface area (Å²) < 4.78 is 37.4. The highest BCUT2D eigenvalue weighted by atomic mass is 79.9. The molecular formula is C12H16BrFN2O3S. The maximum absolute atomic E-state index is 14.1. The first-order valence-electron chi connectivity index (χ1n) is 5.95. The first kappa shape index (κ1) is 17.1. The molecule has 112 valence electrons. The second-order valence-electron chi connectivity index (χ2n) is 4.15. The summed E-state index contributed by atoms with van der Waals surface area (Å²) in [6.45, 7) is 3.57. The molecule has 0 atom stereocenters. The minimum atomic E-state index is -3.74. The molecular weight excluding hydrogens is 351 g/mol. The molecule has 20 heavy (non-hydrogen) atoms. The van der Waals surface area contributed by atoms with Crippen LogP contribution >= 0.6 is 15.9 Å². The molecule has 2 N–H and O–H groups in total. The lowest BCUT2D eigenvalue weighted by Crippen LogP contribution is -2.32. The molecule has 0 fully saturated rings. The number of halogens is 2. The summed E-state index contributed by atoms with van der Waals surface area (Å²) in [5.74, 6) is -1.68. The van der Waals surface area contributed by atoms with Crippen molar-refractivity contribution >= 4 is 31.7 Å². The second kappa shape index (κ2) is 7.14. The fourth-order valence-electron chi connectivity index (χ4n) is 1.54. The molecule has 5 nitrogen and oxygen atoms in total. The molecule has 1 aromatic carbocycles. The van der Waals surface area contributed by atoms with Gasteiger partial charge >= 0.3 is 0 Å². The van der Waals surface area contributed by atoms with E-state index in [-0.39, 0.29) is 5.56 Å². The number of carbonyl (C=O) groups is 1. The fraction of sp³-hybridized carbons (Fsp3) is 0.417. The second-order valence-corrected chi connectivity index (χ2v) is 7.05. The smallest absolute Gasteiger partial charge is 0.254 e. The predicted molar refractivity (Wildman–Crippen MR) is 78.1 cm³/mol. The Hall–Kier alpha value is -0.990. The van der Waals surface area contributed by atoms with Crippen LogP contribution in [-0.4, -0.2) is 40.2 Å². The lowest BCUT2D eigenvalue weighted by molar-refractivity contribution is 0.0949. The van der Waals surface area contributed by atoms with Crippen molar-refractivity contribution in [2.45, 2.75) is 11.8 Å². The van der Waals surface area contributed by atoms with Crippen molar-refractivity contribution in [1.29, 1.82) is 0 Å². The third-order valence-electron chi connectivity index (χ3n) is 2.49. The van der Waals surface area contributed by atoms with E-state index in [0.29, 0.717) is 17.6 Å². The van der Waals surface area contributed by atoms with Gasteiger partial charge in [-0.05, 0) is 18.7 Å². The molecule has 0 aliphatic heterocycles. The Morgan fingerprint density at radius 3 is 2.55 bits per heavy atom. The van der Waals surface area contributed by atoms with Gasteiger partial charge in [-0.2, -0.15) is 0 Å². The van der Waals surface area contributed by atoms with E-state index in [1.54, 1.807) is 0 Å². The number of hydrogen-bond acceptors (Lipinski definition) is 4. The number of benzene rings is 1. The lowest BCUT2D eigenvalue weighted by atomic mass is 10.2. The molecule has 8 heteroatoms. The zero-order valence-electron chi connectivity index (χ0n) is 11.2. The van der Waals surface area contributed by atoms with Crippen molar-refractivity contribution in [2.75, 3.05) is 25.9 Å².